The number of carbonyl (C=O) groups is 1. The maximum Gasteiger partial charge on any atom is 0.247 e. The molecule has 0 fully saturated rings. The van der Waals surface area contributed by atoms with E-state index in [1.165, 1.54) is 23.4 Å². The Kier molecular flexibility index (Phi) is 9.08. The van der Waals surface area contributed by atoms with Crippen LogP contribution in [0.15, 0.2) is 47.5 Å². The molecule has 0 radical (unpaired) electrons. The Hall–Kier alpha value is -2.97. The van der Waals surface area contributed by atoms with Crippen LogP contribution >= 0.6 is 0 Å². The van der Waals surface area contributed by atoms with Gasteiger partial charge in [-0.25, -0.2) is 8.42 Å². The van der Waals surface area contributed by atoms with Crippen LogP contribution in [0.4, 0.5) is 0 Å². The molecule has 0 saturated heterocycles. The Morgan fingerprint density at radius 3 is 2.69 bits per heavy atom. The number of aromatic nitrogens is 1. The second-order valence-corrected chi connectivity index (χ2v) is 11.0. The minimum atomic E-state index is -3.98. The first-order valence-corrected chi connectivity index (χ1v) is 13.2. The fourth-order valence-corrected chi connectivity index (χ4v) is 5.70. The molecule has 0 aliphatic carbocycles. The van der Waals surface area contributed by atoms with Crippen molar-refractivity contribution in [3.05, 3.63) is 53.9 Å². The van der Waals surface area contributed by atoms with Gasteiger partial charge in [0.15, 0.2) is 0 Å². The highest BCUT2D eigenvalue weighted by Gasteiger charge is 2.38. The lowest BCUT2D eigenvalue weighted by Crippen LogP contribution is -2.50. The minimum absolute atomic E-state index is 0.0373. The lowest BCUT2D eigenvalue weighted by Gasteiger charge is -2.37. The van der Waals surface area contributed by atoms with Crippen LogP contribution in [-0.2, 0) is 21.2 Å². The number of benzene rings is 1. The highest BCUT2D eigenvalue weighted by Crippen LogP contribution is 2.34. The van der Waals surface area contributed by atoms with Gasteiger partial charge in [0.2, 0.25) is 15.9 Å². The zero-order chi connectivity index (χ0) is 26.5. The molecule has 1 aromatic carbocycles. The predicted octanol–water partition coefficient (Wildman–Crippen LogP) is 1.28. The topological polar surface area (TPSA) is 120 Å². The molecule has 0 spiro atoms. The largest absolute Gasteiger partial charge is 0.487 e. The number of amides is 1. The van der Waals surface area contributed by atoms with Gasteiger partial charge in [-0.2, -0.15) is 4.31 Å². The fourth-order valence-electron chi connectivity index (χ4n) is 3.87. The number of aliphatic hydroxyl groups excluding tert-OH is 2. The van der Waals surface area contributed by atoms with E-state index in [1.54, 1.807) is 43.3 Å². The van der Waals surface area contributed by atoms with Crippen LogP contribution in [0.2, 0.25) is 0 Å². The van der Waals surface area contributed by atoms with E-state index in [-0.39, 0.29) is 48.6 Å². The molecule has 2 aromatic rings. The smallest absolute Gasteiger partial charge is 0.247 e. The Bertz CT molecular complexity index is 1220. The molecule has 4 atom stereocenters. The molecule has 3 rings (SSSR count). The first-order valence-electron chi connectivity index (χ1n) is 11.8. The summed E-state index contributed by atoms with van der Waals surface area (Å²) in [7, 11) is -2.30. The van der Waals surface area contributed by atoms with Crippen molar-refractivity contribution in [1.29, 1.82) is 0 Å². The summed E-state index contributed by atoms with van der Waals surface area (Å²) in [5, 5.41) is 19.3. The Labute approximate surface area is 212 Å². The van der Waals surface area contributed by atoms with E-state index in [2.05, 4.69) is 16.8 Å². The van der Waals surface area contributed by atoms with E-state index in [0.717, 1.165) is 0 Å². The number of nitrogens with zero attached hydrogens (tertiary/aromatic N) is 3. The van der Waals surface area contributed by atoms with Crippen LogP contribution in [-0.4, -0.2) is 83.7 Å². The molecule has 2 N–H and O–H groups in total. The highest BCUT2D eigenvalue weighted by atomic mass is 32.2. The highest BCUT2D eigenvalue weighted by molar-refractivity contribution is 7.89. The molecule has 1 amide bonds. The van der Waals surface area contributed by atoms with Crippen molar-refractivity contribution < 1.29 is 28.2 Å². The molecule has 1 aromatic heterocycles. The zero-order valence-corrected chi connectivity index (χ0v) is 21.8. The normalized spacial score (nSPS) is 20.9. The summed E-state index contributed by atoms with van der Waals surface area (Å²) in [5.41, 5.74) is 1.14. The third-order valence-corrected chi connectivity index (χ3v) is 8.05. The van der Waals surface area contributed by atoms with Crippen LogP contribution < -0.4 is 4.74 Å². The maximum atomic E-state index is 13.5. The van der Waals surface area contributed by atoms with E-state index in [4.69, 9.17) is 4.74 Å². The van der Waals surface area contributed by atoms with Gasteiger partial charge in [0, 0.05) is 43.0 Å². The van der Waals surface area contributed by atoms with E-state index in [0.29, 0.717) is 11.3 Å². The molecule has 1 aliphatic heterocycles. The van der Waals surface area contributed by atoms with Gasteiger partial charge in [-0.05, 0) is 44.2 Å². The molecular formula is C26H33N3O6S. The molecule has 36 heavy (non-hydrogen) atoms. The van der Waals surface area contributed by atoms with Gasteiger partial charge in [0.1, 0.15) is 22.9 Å². The van der Waals surface area contributed by atoms with Gasteiger partial charge in [0.25, 0.3) is 0 Å². The minimum Gasteiger partial charge on any atom is -0.487 e. The van der Waals surface area contributed by atoms with Crippen LogP contribution in [0.3, 0.4) is 0 Å². The van der Waals surface area contributed by atoms with Crippen molar-refractivity contribution in [2.24, 2.45) is 5.92 Å². The second-order valence-electron chi connectivity index (χ2n) is 9.12. The summed E-state index contributed by atoms with van der Waals surface area (Å²) in [4.78, 5) is 18.6. The number of sulfonamides is 1. The second kappa shape index (κ2) is 11.8. The van der Waals surface area contributed by atoms with Crippen LogP contribution in [0.5, 0.6) is 5.75 Å². The molecule has 194 valence electrons. The summed E-state index contributed by atoms with van der Waals surface area (Å²) >= 11 is 0. The third kappa shape index (κ3) is 6.62. The summed E-state index contributed by atoms with van der Waals surface area (Å²) < 4.78 is 34.6. The summed E-state index contributed by atoms with van der Waals surface area (Å²) in [6.45, 7) is 5.03. The number of aliphatic hydroxyl groups is 2. The first-order chi connectivity index (χ1) is 17.0. The van der Waals surface area contributed by atoms with E-state index in [9.17, 15) is 23.4 Å². The van der Waals surface area contributed by atoms with Crippen molar-refractivity contribution in [1.82, 2.24) is 14.2 Å². The molecule has 0 bridgehead atoms. The summed E-state index contributed by atoms with van der Waals surface area (Å²) in [6.07, 6.45) is 0.389. The average Bonchev–Trinajstić information content (AvgIpc) is 2.84. The van der Waals surface area contributed by atoms with Crippen molar-refractivity contribution in [2.75, 3.05) is 26.7 Å². The van der Waals surface area contributed by atoms with Crippen molar-refractivity contribution in [2.45, 2.75) is 50.3 Å². The third-order valence-electron chi connectivity index (χ3n) is 6.03. The van der Waals surface area contributed by atoms with Gasteiger partial charge < -0.3 is 19.8 Å². The number of rotatable bonds is 6. The van der Waals surface area contributed by atoms with Gasteiger partial charge >= 0.3 is 0 Å². The van der Waals surface area contributed by atoms with Gasteiger partial charge in [-0.1, -0.05) is 24.8 Å². The van der Waals surface area contributed by atoms with Crippen LogP contribution in [0.1, 0.15) is 32.0 Å². The first kappa shape index (κ1) is 27.6. The van der Waals surface area contributed by atoms with E-state index in [1.807, 2.05) is 13.0 Å². The summed E-state index contributed by atoms with van der Waals surface area (Å²) in [5.74, 6) is 5.12. The predicted molar refractivity (Wildman–Crippen MR) is 135 cm³/mol. The number of ether oxygens (including phenoxy) is 1. The quantitative estimate of drug-likeness (QED) is 0.556. The van der Waals surface area contributed by atoms with E-state index >= 15 is 0 Å². The standard InChI is InChI=1S/C26H33N3O6S/c1-18-15-29(19(2)17-30)36(33,34)25-11-10-21(9-8-20(3)31)13-23(25)35-24(18)16-28(4)26(32)14-22-7-5-6-12-27-22/h5-7,10-13,18-20,24,30-31H,14-17H2,1-4H3/t18-,19-,20+,24+/m0/s1. The maximum absolute atomic E-state index is 13.5. The van der Waals surface area contributed by atoms with Gasteiger partial charge in [-0.15, -0.1) is 0 Å². The Morgan fingerprint density at radius 2 is 2.06 bits per heavy atom. The molecule has 0 unspecified atom stereocenters. The van der Waals surface area contributed by atoms with Crippen molar-refractivity contribution in [3.8, 4) is 17.6 Å². The molecule has 9 nitrogen and oxygen atoms in total. The molecule has 0 saturated carbocycles. The number of hydrogen-bond donors (Lipinski definition) is 2. The van der Waals surface area contributed by atoms with Crippen molar-refractivity contribution in [3.63, 3.8) is 0 Å². The van der Waals surface area contributed by atoms with Crippen molar-refractivity contribution >= 4 is 15.9 Å². The number of carbonyl (C=O) groups excluding carboxylic acids is 1. The zero-order valence-electron chi connectivity index (χ0n) is 21.0. The van der Waals surface area contributed by atoms with Crippen LogP contribution in [0.25, 0.3) is 0 Å². The number of hydrogen-bond acceptors (Lipinski definition) is 7. The summed E-state index contributed by atoms with van der Waals surface area (Å²) in [6, 6.07) is 9.25. The Balaban J connectivity index is 1.96. The number of likely N-dealkylation sites (N-methyl/N-ethyl adjacent to an activating group) is 1. The lowest BCUT2D eigenvalue weighted by atomic mass is 10.0. The van der Waals surface area contributed by atoms with Crippen LogP contribution in [0, 0.1) is 17.8 Å². The van der Waals surface area contributed by atoms with Gasteiger partial charge in [0.05, 0.1) is 19.6 Å². The molecular weight excluding hydrogens is 482 g/mol. The fraction of sp³-hybridized carbons (Fsp3) is 0.462. The number of pyridine rings is 1. The monoisotopic (exact) mass is 515 g/mol. The molecule has 2 heterocycles. The van der Waals surface area contributed by atoms with Gasteiger partial charge in [-0.3, -0.25) is 9.78 Å². The average molecular weight is 516 g/mol. The Morgan fingerprint density at radius 1 is 1.31 bits per heavy atom. The SMILES string of the molecule is C[C@@H](O)C#Cc1ccc2c(c1)O[C@H](CN(C)C(=O)Cc1ccccn1)[C@@H](C)CN([C@@H](C)CO)S2(=O)=O. The lowest BCUT2D eigenvalue weighted by molar-refractivity contribution is -0.130. The number of fused-ring (bicyclic) bond motifs is 1. The molecule has 1 aliphatic rings. The molecule has 10 heteroatoms. The van der Waals surface area contributed by atoms with E-state index < -0.39 is 28.3 Å².